The van der Waals surface area contributed by atoms with Gasteiger partial charge in [0.1, 0.15) is 5.60 Å². The maximum atomic E-state index is 12.2. The Morgan fingerprint density at radius 1 is 1.29 bits per heavy atom. The summed E-state index contributed by atoms with van der Waals surface area (Å²) in [6, 6.07) is 8.89. The molecule has 0 bridgehead atoms. The first-order chi connectivity index (χ1) is 10.00. The van der Waals surface area contributed by atoms with Crippen LogP contribution in [0, 0.1) is 0 Å². The Morgan fingerprint density at radius 3 is 2.52 bits per heavy atom. The lowest BCUT2D eigenvalue weighted by molar-refractivity contribution is -0.270. The molecule has 116 valence electrons. The largest absolute Gasteiger partial charge is 0.453 e. The number of esters is 1. The molecule has 0 saturated carbocycles. The maximum absolute atomic E-state index is 12.2. The van der Waals surface area contributed by atoms with E-state index in [0.29, 0.717) is 12.0 Å². The summed E-state index contributed by atoms with van der Waals surface area (Å²) in [6.45, 7) is 3.76. The molecule has 0 aromatic heterocycles. The molecule has 1 aliphatic heterocycles. The van der Waals surface area contributed by atoms with Crippen LogP contribution in [0.25, 0.3) is 0 Å². The number of rotatable bonds is 4. The van der Waals surface area contributed by atoms with E-state index >= 15 is 0 Å². The standard InChI is InChI=1S/C16H22O5/c1-11-14(16(2,19-4)10-13(18-3)20-11)21-15(17)12-8-6-5-7-9-12/h5-9,11,13-14H,10H2,1-4H3/t11-,13+,14-,16+/m0/s1. The Balaban J connectivity index is 2.15. The fraction of sp³-hybridized carbons (Fsp3) is 0.562. The van der Waals surface area contributed by atoms with Crippen LogP contribution in [0.1, 0.15) is 30.6 Å². The molecule has 5 heteroatoms. The highest BCUT2D eigenvalue weighted by Gasteiger charge is 2.48. The number of benzene rings is 1. The summed E-state index contributed by atoms with van der Waals surface area (Å²) in [7, 11) is 3.19. The molecule has 1 saturated heterocycles. The van der Waals surface area contributed by atoms with Gasteiger partial charge in [0, 0.05) is 20.6 Å². The molecule has 1 aromatic carbocycles. The third kappa shape index (κ3) is 3.43. The molecule has 0 amide bonds. The normalized spacial score (nSPS) is 32.7. The Kier molecular flexibility index (Phi) is 4.98. The Morgan fingerprint density at radius 2 is 1.95 bits per heavy atom. The average molecular weight is 294 g/mol. The molecule has 1 aliphatic rings. The molecule has 1 fully saturated rings. The van der Waals surface area contributed by atoms with Gasteiger partial charge in [-0.1, -0.05) is 18.2 Å². The lowest BCUT2D eigenvalue weighted by Crippen LogP contribution is -2.57. The first kappa shape index (κ1) is 15.9. The Labute approximate surface area is 125 Å². The summed E-state index contributed by atoms with van der Waals surface area (Å²) < 4.78 is 22.2. The van der Waals surface area contributed by atoms with E-state index in [1.807, 2.05) is 19.9 Å². The SMILES string of the molecule is CO[C@H]1C[C@@](C)(OC)[C@@H](OC(=O)c2ccccc2)[C@H](C)O1. The Hall–Kier alpha value is -1.43. The van der Waals surface area contributed by atoms with Crippen LogP contribution in [0.2, 0.25) is 0 Å². The zero-order chi connectivity index (χ0) is 15.5. The third-order valence-electron chi connectivity index (χ3n) is 3.94. The van der Waals surface area contributed by atoms with Crippen molar-refractivity contribution < 1.29 is 23.7 Å². The third-order valence-corrected chi connectivity index (χ3v) is 3.94. The predicted octanol–water partition coefficient (Wildman–Crippen LogP) is 2.40. The lowest BCUT2D eigenvalue weighted by atomic mass is 9.88. The molecule has 0 unspecified atom stereocenters. The molecule has 4 atom stereocenters. The highest BCUT2D eigenvalue weighted by Crippen LogP contribution is 2.34. The summed E-state index contributed by atoms with van der Waals surface area (Å²) in [5.74, 6) is -0.379. The van der Waals surface area contributed by atoms with E-state index < -0.39 is 11.7 Å². The van der Waals surface area contributed by atoms with E-state index in [1.54, 1.807) is 38.5 Å². The van der Waals surface area contributed by atoms with E-state index in [-0.39, 0.29) is 18.4 Å². The van der Waals surface area contributed by atoms with Crippen LogP contribution in [0.5, 0.6) is 0 Å². The second kappa shape index (κ2) is 6.56. The van der Waals surface area contributed by atoms with Crippen molar-refractivity contribution in [2.45, 2.75) is 44.4 Å². The van der Waals surface area contributed by atoms with Gasteiger partial charge in [-0.15, -0.1) is 0 Å². The minimum atomic E-state index is -0.650. The van der Waals surface area contributed by atoms with Crippen LogP contribution < -0.4 is 0 Å². The summed E-state index contributed by atoms with van der Waals surface area (Å²) in [5.41, 5.74) is -0.139. The van der Waals surface area contributed by atoms with Crippen molar-refractivity contribution >= 4 is 5.97 Å². The van der Waals surface area contributed by atoms with Gasteiger partial charge in [-0.2, -0.15) is 0 Å². The quantitative estimate of drug-likeness (QED) is 0.798. The number of carbonyl (C=O) groups excluding carboxylic acids is 1. The summed E-state index contributed by atoms with van der Waals surface area (Å²) in [4.78, 5) is 12.2. The van der Waals surface area contributed by atoms with Crippen molar-refractivity contribution in [3.8, 4) is 0 Å². The Bertz CT molecular complexity index is 475. The summed E-state index contributed by atoms with van der Waals surface area (Å²) in [5, 5.41) is 0. The van der Waals surface area contributed by atoms with E-state index in [1.165, 1.54) is 0 Å². The van der Waals surface area contributed by atoms with Gasteiger partial charge in [0.15, 0.2) is 12.4 Å². The van der Waals surface area contributed by atoms with Crippen molar-refractivity contribution in [2.24, 2.45) is 0 Å². The highest BCUT2D eigenvalue weighted by molar-refractivity contribution is 5.89. The fourth-order valence-electron chi connectivity index (χ4n) is 2.62. The molecule has 1 heterocycles. The van der Waals surface area contributed by atoms with E-state index in [9.17, 15) is 4.79 Å². The predicted molar refractivity (Wildman–Crippen MR) is 77.0 cm³/mol. The monoisotopic (exact) mass is 294 g/mol. The van der Waals surface area contributed by atoms with Crippen LogP contribution in [0.3, 0.4) is 0 Å². The zero-order valence-electron chi connectivity index (χ0n) is 12.9. The van der Waals surface area contributed by atoms with Crippen LogP contribution in [-0.2, 0) is 18.9 Å². The number of hydrogen-bond donors (Lipinski definition) is 0. The fourth-order valence-corrected chi connectivity index (χ4v) is 2.62. The van der Waals surface area contributed by atoms with Crippen LogP contribution >= 0.6 is 0 Å². The van der Waals surface area contributed by atoms with E-state index in [4.69, 9.17) is 18.9 Å². The first-order valence-electron chi connectivity index (χ1n) is 6.99. The van der Waals surface area contributed by atoms with Crippen molar-refractivity contribution in [3.63, 3.8) is 0 Å². The number of carbonyl (C=O) groups is 1. The van der Waals surface area contributed by atoms with Gasteiger partial charge in [0.05, 0.1) is 11.7 Å². The van der Waals surface area contributed by atoms with Crippen molar-refractivity contribution in [1.29, 1.82) is 0 Å². The number of methoxy groups -OCH3 is 2. The van der Waals surface area contributed by atoms with Crippen molar-refractivity contribution in [3.05, 3.63) is 35.9 Å². The highest BCUT2D eigenvalue weighted by atomic mass is 16.7. The molecule has 0 N–H and O–H groups in total. The minimum Gasteiger partial charge on any atom is -0.453 e. The van der Waals surface area contributed by atoms with Gasteiger partial charge in [-0.3, -0.25) is 0 Å². The van der Waals surface area contributed by atoms with Gasteiger partial charge >= 0.3 is 5.97 Å². The molecule has 5 nitrogen and oxygen atoms in total. The van der Waals surface area contributed by atoms with E-state index in [2.05, 4.69) is 0 Å². The smallest absolute Gasteiger partial charge is 0.338 e. The minimum absolute atomic E-state index is 0.318. The summed E-state index contributed by atoms with van der Waals surface area (Å²) in [6.07, 6.45) is -0.684. The van der Waals surface area contributed by atoms with Gasteiger partial charge in [0.25, 0.3) is 0 Å². The van der Waals surface area contributed by atoms with Gasteiger partial charge in [-0.05, 0) is 26.0 Å². The van der Waals surface area contributed by atoms with E-state index in [0.717, 1.165) is 0 Å². The molecular formula is C16H22O5. The van der Waals surface area contributed by atoms with Crippen LogP contribution in [0.4, 0.5) is 0 Å². The number of hydrogen-bond acceptors (Lipinski definition) is 5. The maximum Gasteiger partial charge on any atom is 0.338 e. The average Bonchev–Trinajstić information content (AvgIpc) is 2.51. The molecular weight excluding hydrogens is 272 g/mol. The van der Waals surface area contributed by atoms with Crippen molar-refractivity contribution in [2.75, 3.05) is 14.2 Å². The second-order valence-electron chi connectivity index (χ2n) is 5.42. The first-order valence-corrected chi connectivity index (χ1v) is 6.99. The topological polar surface area (TPSA) is 54.0 Å². The van der Waals surface area contributed by atoms with Gasteiger partial charge in [-0.25, -0.2) is 4.79 Å². The second-order valence-corrected chi connectivity index (χ2v) is 5.42. The molecule has 0 radical (unpaired) electrons. The van der Waals surface area contributed by atoms with Gasteiger partial charge in [0.2, 0.25) is 0 Å². The zero-order valence-corrected chi connectivity index (χ0v) is 12.9. The lowest BCUT2D eigenvalue weighted by Gasteiger charge is -2.45. The molecule has 21 heavy (non-hydrogen) atoms. The molecule has 0 spiro atoms. The van der Waals surface area contributed by atoms with Crippen molar-refractivity contribution in [1.82, 2.24) is 0 Å². The van der Waals surface area contributed by atoms with Crippen LogP contribution in [-0.4, -0.2) is 44.3 Å². The number of ether oxygens (including phenoxy) is 4. The molecule has 1 aromatic rings. The van der Waals surface area contributed by atoms with Crippen LogP contribution in [0.15, 0.2) is 30.3 Å². The summed E-state index contributed by atoms with van der Waals surface area (Å²) >= 11 is 0. The molecule has 2 rings (SSSR count). The molecule has 0 aliphatic carbocycles. The van der Waals surface area contributed by atoms with Gasteiger partial charge < -0.3 is 18.9 Å².